The average molecular weight is 246 g/mol. The molecule has 2 heteroatoms. The van der Waals surface area contributed by atoms with Crippen LogP contribution in [0.1, 0.15) is 18.9 Å². The molecule has 0 atom stereocenters. The SMILES string of the molecule is CCSCCC(=O)/C=C/C=C/c1ccccc1. The van der Waals surface area contributed by atoms with Gasteiger partial charge in [0.25, 0.3) is 0 Å². The van der Waals surface area contributed by atoms with Gasteiger partial charge in [-0.05, 0) is 17.4 Å². The quantitative estimate of drug-likeness (QED) is 0.411. The van der Waals surface area contributed by atoms with E-state index in [-0.39, 0.29) is 5.78 Å². The zero-order chi connectivity index (χ0) is 12.3. The molecular weight excluding hydrogens is 228 g/mol. The van der Waals surface area contributed by atoms with Crippen LogP contribution in [0.5, 0.6) is 0 Å². The number of carbonyl (C=O) groups excluding carboxylic acids is 1. The van der Waals surface area contributed by atoms with E-state index in [1.54, 1.807) is 17.8 Å². The van der Waals surface area contributed by atoms with E-state index < -0.39 is 0 Å². The molecule has 0 aliphatic carbocycles. The molecule has 0 amide bonds. The van der Waals surface area contributed by atoms with Crippen LogP contribution in [-0.2, 0) is 4.79 Å². The van der Waals surface area contributed by atoms with Crippen LogP contribution in [0.2, 0.25) is 0 Å². The van der Waals surface area contributed by atoms with Crippen molar-refractivity contribution in [3.8, 4) is 0 Å². The Morgan fingerprint density at radius 1 is 1.24 bits per heavy atom. The van der Waals surface area contributed by atoms with Gasteiger partial charge in [0.15, 0.2) is 5.78 Å². The monoisotopic (exact) mass is 246 g/mol. The topological polar surface area (TPSA) is 17.1 Å². The number of ketones is 1. The summed E-state index contributed by atoms with van der Waals surface area (Å²) in [4.78, 5) is 11.4. The molecule has 0 bridgehead atoms. The molecule has 1 rings (SSSR count). The Hall–Kier alpha value is -1.28. The lowest BCUT2D eigenvalue weighted by atomic mass is 10.2. The van der Waals surface area contributed by atoms with Crippen molar-refractivity contribution in [2.24, 2.45) is 0 Å². The van der Waals surface area contributed by atoms with Gasteiger partial charge in [-0.3, -0.25) is 4.79 Å². The predicted octanol–water partition coefficient (Wildman–Crippen LogP) is 3.97. The van der Waals surface area contributed by atoms with Crippen molar-refractivity contribution >= 4 is 23.6 Å². The molecule has 0 saturated heterocycles. The summed E-state index contributed by atoms with van der Waals surface area (Å²) in [6, 6.07) is 10.0. The van der Waals surface area contributed by atoms with Crippen LogP contribution >= 0.6 is 11.8 Å². The molecular formula is C15H18OS. The smallest absolute Gasteiger partial charge is 0.156 e. The molecule has 0 saturated carbocycles. The Balaban J connectivity index is 2.30. The summed E-state index contributed by atoms with van der Waals surface area (Å²) in [5, 5.41) is 0. The third kappa shape index (κ3) is 6.80. The molecule has 0 N–H and O–H groups in total. The fourth-order valence-corrected chi connectivity index (χ4v) is 1.93. The molecule has 0 heterocycles. The largest absolute Gasteiger partial charge is 0.295 e. The number of hydrogen-bond acceptors (Lipinski definition) is 2. The lowest BCUT2D eigenvalue weighted by Gasteiger charge is -1.93. The van der Waals surface area contributed by atoms with Gasteiger partial charge < -0.3 is 0 Å². The van der Waals surface area contributed by atoms with Crippen molar-refractivity contribution in [3.05, 3.63) is 54.1 Å². The molecule has 17 heavy (non-hydrogen) atoms. The Labute approximate surface area is 108 Å². The summed E-state index contributed by atoms with van der Waals surface area (Å²) < 4.78 is 0. The zero-order valence-electron chi connectivity index (χ0n) is 10.1. The van der Waals surface area contributed by atoms with E-state index in [9.17, 15) is 4.79 Å². The maximum Gasteiger partial charge on any atom is 0.156 e. The number of benzene rings is 1. The average Bonchev–Trinajstić information content (AvgIpc) is 2.36. The minimum absolute atomic E-state index is 0.198. The third-order valence-electron chi connectivity index (χ3n) is 2.18. The summed E-state index contributed by atoms with van der Waals surface area (Å²) in [7, 11) is 0. The van der Waals surface area contributed by atoms with Crippen LogP contribution < -0.4 is 0 Å². The van der Waals surface area contributed by atoms with Crippen molar-refractivity contribution in [1.82, 2.24) is 0 Å². The highest BCUT2D eigenvalue weighted by atomic mass is 32.2. The second-order valence-corrected chi connectivity index (χ2v) is 4.94. The maximum atomic E-state index is 11.4. The second-order valence-electron chi connectivity index (χ2n) is 3.54. The van der Waals surface area contributed by atoms with Crippen LogP contribution in [0.4, 0.5) is 0 Å². The molecule has 0 aromatic heterocycles. The van der Waals surface area contributed by atoms with Crippen molar-refractivity contribution in [2.75, 3.05) is 11.5 Å². The van der Waals surface area contributed by atoms with E-state index in [1.165, 1.54) is 0 Å². The van der Waals surface area contributed by atoms with Gasteiger partial charge in [0, 0.05) is 12.2 Å². The number of carbonyl (C=O) groups is 1. The highest BCUT2D eigenvalue weighted by Crippen LogP contribution is 2.03. The zero-order valence-corrected chi connectivity index (χ0v) is 11.0. The maximum absolute atomic E-state index is 11.4. The normalized spacial score (nSPS) is 11.4. The first-order valence-corrected chi connectivity index (χ1v) is 6.98. The van der Waals surface area contributed by atoms with Crippen LogP contribution in [-0.4, -0.2) is 17.3 Å². The molecule has 90 valence electrons. The predicted molar refractivity (Wildman–Crippen MR) is 77.2 cm³/mol. The fourth-order valence-electron chi connectivity index (χ4n) is 1.29. The van der Waals surface area contributed by atoms with E-state index >= 15 is 0 Å². The van der Waals surface area contributed by atoms with Crippen LogP contribution in [0.25, 0.3) is 6.08 Å². The summed E-state index contributed by atoms with van der Waals surface area (Å²) in [6.45, 7) is 2.10. The summed E-state index contributed by atoms with van der Waals surface area (Å²) in [6.07, 6.45) is 7.99. The molecule has 1 aromatic carbocycles. The standard InChI is InChI=1S/C15H18OS/c1-2-17-13-12-15(16)11-7-6-10-14-8-4-3-5-9-14/h3-11H,2,12-13H2,1H3/b10-6+,11-7+. The van der Waals surface area contributed by atoms with Crippen molar-refractivity contribution in [3.63, 3.8) is 0 Å². The van der Waals surface area contributed by atoms with Crippen LogP contribution in [0.15, 0.2) is 48.6 Å². The minimum atomic E-state index is 0.198. The van der Waals surface area contributed by atoms with Gasteiger partial charge in [-0.25, -0.2) is 0 Å². The summed E-state index contributed by atoms with van der Waals surface area (Å²) >= 11 is 1.80. The van der Waals surface area contributed by atoms with E-state index in [2.05, 4.69) is 6.92 Å². The molecule has 0 radical (unpaired) electrons. The lowest BCUT2D eigenvalue weighted by Crippen LogP contribution is -1.94. The van der Waals surface area contributed by atoms with Gasteiger partial charge in [-0.1, -0.05) is 55.5 Å². The number of thioether (sulfide) groups is 1. The fraction of sp³-hybridized carbons (Fsp3) is 0.267. The number of allylic oxidation sites excluding steroid dienone is 3. The first-order valence-electron chi connectivity index (χ1n) is 5.83. The van der Waals surface area contributed by atoms with Gasteiger partial charge >= 0.3 is 0 Å². The van der Waals surface area contributed by atoms with Crippen LogP contribution in [0.3, 0.4) is 0 Å². The van der Waals surface area contributed by atoms with Crippen molar-refractivity contribution in [1.29, 1.82) is 0 Å². The Morgan fingerprint density at radius 3 is 2.71 bits per heavy atom. The van der Waals surface area contributed by atoms with Crippen LogP contribution in [0, 0.1) is 0 Å². The lowest BCUT2D eigenvalue weighted by molar-refractivity contribution is -0.114. The molecule has 1 aromatic rings. The van der Waals surface area contributed by atoms with Gasteiger partial charge in [0.1, 0.15) is 0 Å². The van der Waals surface area contributed by atoms with E-state index in [4.69, 9.17) is 0 Å². The first-order chi connectivity index (χ1) is 8.33. The Kier molecular flexibility index (Phi) is 7.15. The van der Waals surface area contributed by atoms with E-state index in [0.717, 1.165) is 17.1 Å². The summed E-state index contributed by atoms with van der Waals surface area (Å²) in [5.74, 6) is 2.19. The Bertz CT molecular complexity index is 379. The summed E-state index contributed by atoms with van der Waals surface area (Å²) in [5.41, 5.74) is 1.14. The molecule has 0 aliphatic rings. The Morgan fingerprint density at radius 2 is 2.00 bits per heavy atom. The minimum Gasteiger partial charge on any atom is -0.295 e. The molecule has 0 fully saturated rings. The third-order valence-corrected chi connectivity index (χ3v) is 3.08. The molecule has 1 nitrogen and oxygen atoms in total. The highest BCUT2D eigenvalue weighted by Gasteiger charge is 1.94. The van der Waals surface area contributed by atoms with Crippen molar-refractivity contribution in [2.45, 2.75) is 13.3 Å². The van der Waals surface area contributed by atoms with Crippen molar-refractivity contribution < 1.29 is 4.79 Å². The second kappa shape index (κ2) is 8.82. The molecule has 0 unspecified atom stereocenters. The molecule has 0 aliphatic heterocycles. The van der Waals surface area contributed by atoms with E-state index in [1.807, 2.05) is 48.6 Å². The highest BCUT2D eigenvalue weighted by molar-refractivity contribution is 7.99. The van der Waals surface area contributed by atoms with Gasteiger partial charge in [0.05, 0.1) is 0 Å². The van der Waals surface area contributed by atoms with Gasteiger partial charge in [-0.15, -0.1) is 0 Å². The first kappa shape index (κ1) is 13.8. The molecule has 0 spiro atoms. The number of rotatable bonds is 7. The van der Waals surface area contributed by atoms with Gasteiger partial charge in [-0.2, -0.15) is 11.8 Å². The van der Waals surface area contributed by atoms with Gasteiger partial charge in [0.2, 0.25) is 0 Å². The van der Waals surface area contributed by atoms with E-state index in [0.29, 0.717) is 6.42 Å². The number of hydrogen-bond donors (Lipinski definition) is 0.